The maximum Gasteiger partial charge on any atom is 0.255 e. The zero-order chi connectivity index (χ0) is 14.0. The second-order valence-corrected chi connectivity index (χ2v) is 5.72. The molecule has 0 atom stereocenters. The van der Waals surface area contributed by atoms with Crippen LogP contribution in [-0.2, 0) is 0 Å². The van der Waals surface area contributed by atoms with Crippen LogP contribution in [-0.4, -0.2) is 11.0 Å². The van der Waals surface area contributed by atoms with E-state index in [0.29, 0.717) is 16.9 Å². The molecule has 0 aliphatic carbocycles. The molecule has 2 rings (SSSR count). The fraction of sp³-hybridized carbons (Fsp3) is 0. The molecule has 0 saturated heterocycles. The summed E-state index contributed by atoms with van der Waals surface area (Å²) in [5.74, 6) is -0.346. The Morgan fingerprint density at radius 2 is 1.84 bits per heavy atom. The van der Waals surface area contributed by atoms with E-state index >= 15 is 0 Å². The molecule has 0 aliphatic rings. The molecule has 0 bridgehead atoms. The molecule has 0 aliphatic heterocycles. The molecule has 0 aromatic heterocycles. The zero-order valence-electron chi connectivity index (χ0n) is 9.65. The predicted octanol–water partition coefficient (Wildman–Crippen LogP) is 3.75. The summed E-state index contributed by atoms with van der Waals surface area (Å²) in [6.45, 7) is 0. The summed E-state index contributed by atoms with van der Waals surface area (Å²) < 4.78 is 1.48. The van der Waals surface area contributed by atoms with Gasteiger partial charge in [-0.05, 0) is 36.4 Å². The number of halogens is 2. The normalized spacial score (nSPS) is 10.2. The summed E-state index contributed by atoms with van der Waals surface area (Å²) in [6.07, 6.45) is 0. The van der Waals surface area contributed by atoms with Crippen molar-refractivity contribution < 1.29 is 9.90 Å². The summed E-state index contributed by atoms with van der Waals surface area (Å²) in [5.41, 5.74) is 6.90. The Balaban J connectivity index is 2.28. The number of rotatable bonds is 2. The van der Waals surface area contributed by atoms with E-state index in [-0.39, 0.29) is 11.7 Å². The van der Waals surface area contributed by atoms with E-state index in [1.54, 1.807) is 30.3 Å². The first-order chi connectivity index (χ1) is 8.95. The van der Waals surface area contributed by atoms with Crippen molar-refractivity contribution in [1.29, 1.82) is 0 Å². The monoisotopic (exact) mass is 384 g/mol. The largest absolute Gasteiger partial charge is 0.506 e. The highest BCUT2D eigenvalue weighted by atomic mass is 79.9. The maximum absolute atomic E-state index is 12.1. The first kappa shape index (κ1) is 13.9. The smallest absolute Gasteiger partial charge is 0.255 e. The number of benzene rings is 2. The SMILES string of the molecule is Nc1cc(Br)cc(C(=O)Nc2cc(Br)ccc2O)c1. The average molecular weight is 386 g/mol. The van der Waals surface area contributed by atoms with E-state index in [4.69, 9.17) is 5.73 Å². The van der Waals surface area contributed by atoms with Crippen molar-refractivity contribution in [2.75, 3.05) is 11.1 Å². The lowest BCUT2D eigenvalue weighted by Gasteiger charge is -2.08. The van der Waals surface area contributed by atoms with Crippen LogP contribution in [0.4, 0.5) is 11.4 Å². The lowest BCUT2D eigenvalue weighted by atomic mass is 10.2. The minimum absolute atomic E-state index is 0.000446. The fourth-order valence-electron chi connectivity index (χ4n) is 1.55. The molecular weight excluding hydrogens is 376 g/mol. The molecule has 98 valence electrons. The molecule has 0 radical (unpaired) electrons. The third-order valence-electron chi connectivity index (χ3n) is 2.39. The first-order valence-corrected chi connectivity index (χ1v) is 6.90. The number of amides is 1. The van der Waals surface area contributed by atoms with Gasteiger partial charge in [0.25, 0.3) is 5.91 Å². The van der Waals surface area contributed by atoms with Gasteiger partial charge in [-0.3, -0.25) is 4.79 Å². The van der Waals surface area contributed by atoms with Crippen LogP contribution >= 0.6 is 31.9 Å². The zero-order valence-corrected chi connectivity index (χ0v) is 12.8. The van der Waals surface area contributed by atoms with E-state index < -0.39 is 0 Å². The van der Waals surface area contributed by atoms with Crippen molar-refractivity contribution >= 4 is 49.1 Å². The van der Waals surface area contributed by atoms with Gasteiger partial charge in [-0.2, -0.15) is 0 Å². The van der Waals surface area contributed by atoms with Gasteiger partial charge in [-0.15, -0.1) is 0 Å². The number of anilines is 2. The number of nitrogen functional groups attached to an aromatic ring is 1. The van der Waals surface area contributed by atoms with Crippen LogP contribution in [0.5, 0.6) is 5.75 Å². The average Bonchev–Trinajstić information content (AvgIpc) is 2.32. The highest BCUT2D eigenvalue weighted by Crippen LogP contribution is 2.27. The highest BCUT2D eigenvalue weighted by molar-refractivity contribution is 9.10. The van der Waals surface area contributed by atoms with Gasteiger partial charge in [0.2, 0.25) is 0 Å². The molecular formula is C13H10Br2N2O2. The molecule has 19 heavy (non-hydrogen) atoms. The second-order valence-electron chi connectivity index (χ2n) is 3.89. The van der Waals surface area contributed by atoms with E-state index in [9.17, 15) is 9.90 Å². The van der Waals surface area contributed by atoms with E-state index in [1.807, 2.05) is 0 Å². The Morgan fingerprint density at radius 3 is 2.53 bits per heavy atom. The number of carbonyl (C=O) groups excluding carboxylic acids is 1. The molecule has 0 heterocycles. The van der Waals surface area contributed by atoms with Crippen molar-refractivity contribution in [1.82, 2.24) is 0 Å². The van der Waals surface area contributed by atoms with Crippen LogP contribution in [0.1, 0.15) is 10.4 Å². The number of nitrogens with one attached hydrogen (secondary N) is 1. The van der Waals surface area contributed by atoms with Crippen LogP contribution in [0.25, 0.3) is 0 Å². The molecule has 2 aromatic carbocycles. The first-order valence-electron chi connectivity index (χ1n) is 5.31. The Morgan fingerprint density at radius 1 is 1.11 bits per heavy atom. The summed E-state index contributed by atoms with van der Waals surface area (Å²) in [5, 5.41) is 12.3. The quantitative estimate of drug-likeness (QED) is 0.544. The van der Waals surface area contributed by atoms with Crippen molar-refractivity contribution in [3.63, 3.8) is 0 Å². The molecule has 0 spiro atoms. The van der Waals surface area contributed by atoms with E-state index in [2.05, 4.69) is 37.2 Å². The van der Waals surface area contributed by atoms with Gasteiger partial charge in [0.1, 0.15) is 5.75 Å². The van der Waals surface area contributed by atoms with Gasteiger partial charge in [0, 0.05) is 20.2 Å². The van der Waals surface area contributed by atoms with Crippen molar-refractivity contribution in [3.8, 4) is 5.75 Å². The third-order valence-corrected chi connectivity index (χ3v) is 3.34. The Labute approximate surface area is 126 Å². The number of hydrogen-bond donors (Lipinski definition) is 3. The highest BCUT2D eigenvalue weighted by Gasteiger charge is 2.10. The van der Waals surface area contributed by atoms with Crippen molar-refractivity contribution in [3.05, 3.63) is 50.9 Å². The lowest BCUT2D eigenvalue weighted by molar-refractivity contribution is 0.102. The number of phenols is 1. The van der Waals surface area contributed by atoms with Gasteiger partial charge in [0.15, 0.2) is 0 Å². The predicted molar refractivity (Wildman–Crippen MR) is 82.3 cm³/mol. The number of aromatic hydroxyl groups is 1. The number of carbonyl (C=O) groups is 1. The number of hydrogen-bond acceptors (Lipinski definition) is 3. The summed E-state index contributed by atoms with van der Waals surface area (Å²) >= 11 is 6.55. The maximum atomic E-state index is 12.1. The molecule has 1 amide bonds. The topological polar surface area (TPSA) is 75.4 Å². The number of phenolic OH excluding ortho intramolecular Hbond substituents is 1. The van der Waals surface area contributed by atoms with Gasteiger partial charge in [0.05, 0.1) is 5.69 Å². The standard InChI is InChI=1S/C13H10Br2N2O2/c14-8-1-2-12(18)11(6-8)17-13(19)7-3-9(15)5-10(16)4-7/h1-6,18H,16H2,(H,17,19). The molecule has 0 unspecified atom stereocenters. The molecule has 6 heteroatoms. The van der Waals surface area contributed by atoms with Gasteiger partial charge >= 0.3 is 0 Å². The lowest BCUT2D eigenvalue weighted by Crippen LogP contribution is -2.12. The minimum Gasteiger partial charge on any atom is -0.506 e. The number of nitrogens with two attached hydrogens (primary N) is 1. The van der Waals surface area contributed by atoms with Crippen molar-refractivity contribution in [2.24, 2.45) is 0 Å². The van der Waals surface area contributed by atoms with Gasteiger partial charge in [-0.25, -0.2) is 0 Å². The van der Waals surface area contributed by atoms with Crippen molar-refractivity contribution in [2.45, 2.75) is 0 Å². The van der Waals surface area contributed by atoms with E-state index in [0.717, 1.165) is 8.95 Å². The van der Waals surface area contributed by atoms with Gasteiger partial charge in [-0.1, -0.05) is 31.9 Å². The van der Waals surface area contributed by atoms with Gasteiger partial charge < -0.3 is 16.2 Å². The minimum atomic E-state index is -0.346. The molecule has 2 aromatic rings. The molecule has 0 fully saturated rings. The van der Waals surface area contributed by atoms with Crippen LogP contribution < -0.4 is 11.1 Å². The molecule has 4 N–H and O–H groups in total. The summed E-state index contributed by atoms with van der Waals surface area (Å²) in [7, 11) is 0. The molecule has 0 saturated carbocycles. The van der Waals surface area contributed by atoms with Crippen LogP contribution in [0.2, 0.25) is 0 Å². The molecule has 4 nitrogen and oxygen atoms in total. The van der Waals surface area contributed by atoms with Crippen LogP contribution in [0.3, 0.4) is 0 Å². The van der Waals surface area contributed by atoms with Crippen LogP contribution in [0, 0.1) is 0 Å². The third kappa shape index (κ3) is 3.48. The van der Waals surface area contributed by atoms with E-state index in [1.165, 1.54) is 6.07 Å². The van der Waals surface area contributed by atoms with Crippen LogP contribution in [0.15, 0.2) is 45.3 Å². The fourth-order valence-corrected chi connectivity index (χ4v) is 2.42. The second kappa shape index (κ2) is 5.63. The Bertz CT molecular complexity index is 624. The Kier molecular flexibility index (Phi) is 4.11. The summed E-state index contributed by atoms with van der Waals surface area (Å²) in [4.78, 5) is 12.1. The Hall–Kier alpha value is -1.53. The summed E-state index contributed by atoms with van der Waals surface area (Å²) in [6, 6.07) is 9.72.